The molecule has 0 saturated heterocycles. The van der Waals surface area contributed by atoms with E-state index in [0.717, 1.165) is 22.2 Å². The molecule has 0 N–H and O–H groups in total. The standard InChI is InChI=1S/C16H13IN2/c17-14-10-18-16(19-11-14)9-8-13-6-3-5-12-4-1-2-7-15(12)13/h1-7,10-11H,8-9H2. The second-order valence-corrected chi connectivity index (χ2v) is 5.70. The van der Waals surface area contributed by atoms with Gasteiger partial charge < -0.3 is 0 Å². The lowest BCUT2D eigenvalue weighted by molar-refractivity contribution is 0.859. The zero-order valence-electron chi connectivity index (χ0n) is 10.4. The van der Waals surface area contributed by atoms with Crippen LogP contribution in [0.1, 0.15) is 11.4 Å². The van der Waals surface area contributed by atoms with E-state index in [1.54, 1.807) is 0 Å². The molecule has 0 unspecified atom stereocenters. The Morgan fingerprint density at radius 2 is 1.58 bits per heavy atom. The highest BCUT2D eigenvalue weighted by atomic mass is 127. The molecule has 0 aliphatic rings. The summed E-state index contributed by atoms with van der Waals surface area (Å²) < 4.78 is 1.08. The minimum atomic E-state index is 0.880. The van der Waals surface area contributed by atoms with Crippen LogP contribution in [0.5, 0.6) is 0 Å². The highest BCUT2D eigenvalue weighted by Gasteiger charge is 2.02. The molecule has 0 saturated carbocycles. The zero-order valence-corrected chi connectivity index (χ0v) is 12.5. The van der Waals surface area contributed by atoms with Crippen molar-refractivity contribution in [3.05, 3.63) is 69.8 Å². The molecule has 0 bridgehead atoms. The van der Waals surface area contributed by atoms with Crippen LogP contribution in [0.4, 0.5) is 0 Å². The van der Waals surface area contributed by atoms with E-state index >= 15 is 0 Å². The molecule has 0 aliphatic carbocycles. The van der Waals surface area contributed by atoms with Crippen molar-refractivity contribution >= 4 is 33.4 Å². The minimum Gasteiger partial charge on any atom is -0.240 e. The van der Waals surface area contributed by atoms with Gasteiger partial charge in [-0.2, -0.15) is 0 Å². The lowest BCUT2D eigenvalue weighted by Crippen LogP contribution is -1.98. The van der Waals surface area contributed by atoms with Crippen molar-refractivity contribution in [2.45, 2.75) is 12.8 Å². The van der Waals surface area contributed by atoms with Crippen molar-refractivity contribution < 1.29 is 0 Å². The predicted octanol–water partition coefficient (Wildman–Crippen LogP) is 4.02. The Hall–Kier alpha value is -1.49. The number of halogens is 1. The number of aryl methyl sites for hydroxylation is 2. The molecular weight excluding hydrogens is 347 g/mol. The number of aromatic nitrogens is 2. The average molecular weight is 360 g/mol. The van der Waals surface area contributed by atoms with E-state index < -0.39 is 0 Å². The van der Waals surface area contributed by atoms with E-state index in [-0.39, 0.29) is 0 Å². The molecule has 2 aromatic carbocycles. The summed E-state index contributed by atoms with van der Waals surface area (Å²) in [4.78, 5) is 8.71. The van der Waals surface area contributed by atoms with E-state index in [1.165, 1.54) is 16.3 Å². The highest BCUT2D eigenvalue weighted by molar-refractivity contribution is 14.1. The summed E-state index contributed by atoms with van der Waals surface area (Å²) in [6, 6.07) is 15.0. The average Bonchev–Trinajstić information content (AvgIpc) is 2.47. The lowest BCUT2D eigenvalue weighted by Gasteiger charge is -2.06. The van der Waals surface area contributed by atoms with Crippen molar-refractivity contribution in [2.75, 3.05) is 0 Å². The monoisotopic (exact) mass is 360 g/mol. The zero-order chi connectivity index (χ0) is 13.1. The van der Waals surface area contributed by atoms with Crippen molar-refractivity contribution in [1.82, 2.24) is 9.97 Å². The Bertz CT molecular complexity index is 687. The van der Waals surface area contributed by atoms with Crippen LogP contribution in [0, 0.1) is 3.57 Å². The summed E-state index contributed by atoms with van der Waals surface area (Å²) in [6.45, 7) is 0. The summed E-state index contributed by atoms with van der Waals surface area (Å²) in [5.41, 5.74) is 1.36. The summed E-state index contributed by atoms with van der Waals surface area (Å²) in [6.07, 6.45) is 5.59. The molecule has 0 spiro atoms. The first kappa shape index (κ1) is 12.5. The third-order valence-corrected chi connectivity index (χ3v) is 3.73. The van der Waals surface area contributed by atoms with Crippen molar-refractivity contribution in [2.24, 2.45) is 0 Å². The fourth-order valence-electron chi connectivity index (χ4n) is 2.23. The number of fused-ring (bicyclic) bond motifs is 1. The SMILES string of the molecule is Ic1cnc(CCc2cccc3ccccc23)nc1. The predicted molar refractivity (Wildman–Crippen MR) is 86.1 cm³/mol. The van der Waals surface area contributed by atoms with Gasteiger partial charge in [0.15, 0.2) is 0 Å². The summed E-state index contributed by atoms with van der Waals surface area (Å²) in [7, 11) is 0. The summed E-state index contributed by atoms with van der Waals surface area (Å²) >= 11 is 2.22. The second kappa shape index (κ2) is 5.65. The van der Waals surface area contributed by atoms with Gasteiger partial charge in [0.1, 0.15) is 5.82 Å². The fourth-order valence-corrected chi connectivity index (χ4v) is 2.50. The molecule has 0 fully saturated rings. The first-order chi connectivity index (χ1) is 9.33. The van der Waals surface area contributed by atoms with Crippen LogP contribution in [-0.2, 0) is 12.8 Å². The van der Waals surface area contributed by atoms with Crippen molar-refractivity contribution in [3.8, 4) is 0 Å². The summed E-state index contributed by atoms with van der Waals surface area (Å²) in [5, 5.41) is 2.62. The van der Waals surface area contributed by atoms with Gasteiger partial charge in [0.2, 0.25) is 0 Å². The van der Waals surface area contributed by atoms with Gasteiger partial charge in [-0.05, 0) is 45.3 Å². The number of nitrogens with zero attached hydrogens (tertiary/aromatic N) is 2. The van der Waals surface area contributed by atoms with Crippen LogP contribution in [0.3, 0.4) is 0 Å². The molecule has 94 valence electrons. The maximum Gasteiger partial charge on any atom is 0.128 e. The van der Waals surface area contributed by atoms with Gasteiger partial charge in [-0.25, -0.2) is 9.97 Å². The maximum absolute atomic E-state index is 4.35. The molecule has 1 aromatic heterocycles. The second-order valence-electron chi connectivity index (χ2n) is 4.46. The van der Waals surface area contributed by atoms with Gasteiger partial charge in [-0.3, -0.25) is 0 Å². The third kappa shape index (κ3) is 2.92. The number of hydrogen-bond acceptors (Lipinski definition) is 2. The van der Waals surface area contributed by atoms with E-state index in [4.69, 9.17) is 0 Å². The van der Waals surface area contributed by atoms with Gasteiger partial charge in [-0.1, -0.05) is 42.5 Å². The molecule has 2 nitrogen and oxygen atoms in total. The number of hydrogen-bond donors (Lipinski definition) is 0. The van der Waals surface area contributed by atoms with Crippen LogP contribution in [0.15, 0.2) is 54.9 Å². The van der Waals surface area contributed by atoms with Crippen LogP contribution in [-0.4, -0.2) is 9.97 Å². The smallest absolute Gasteiger partial charge is 0.128 e. The number of rotatable bonds is 3. The highest BCUT2D eigenvalue weighted by Crippen LogP contribution is 2.19. The van der Waals surface area contributed by atoms with Gasteiger partial charge in [0, 0.05) is 22.4 Å². The third-order valence-electron chi connectivity index (χ3n) is 3.17. The number of benzene rings is 2. The van der Waals surface area contributed by atoms with Crippen molar-refractivity contribution in [1.29, 1.82) is 0 Å². The van der Waals surface area contributed by atoms with Gasteiger partial charge in [0.25, 0.3) is 0 Å². The van der Waals surface area contributed by atoms with Crippen LogP contribution < -0.4 is 0 Å². The maximum atomic E-state index is 4.35. The molecule has 3 heteroatoms. The Balaban J connectivity index is 1.84. The first-order valence-corrected chi connectivity index (χ1v) is 7.34. The molecule has 3 aromatic rings. The van der Waals surface area contributed by atoms with Crippen LogP contribution in [0.25, 0.3) is 10.8 Å². The van der Waals surface area contributed by atoms with E-state index in [2.05, 4.69) is 75.0 Å². The Morgan fingerprint density at radius 3 is 2.42 bits per heavy atom. The van der Waals surface area contributed by atoms with Crippen LogP contribution >= 0.6 is 22.6 Å². The van der Waals surface area contributed by atoms with Crippen molar-refractivity contribution in [3.63, 3.8) is 0 Å². The molecule has 3 rings (SSSR count). The molecule has 0 radical (unpaired) electrons. The van der Waals surface area contributed by atoms with Crippen LogP contribution in [0.2, 0.25) is 0 Å². The largest absolute Gasteiger partial charge is 0.240 e. The van der Waals surface area contributed by atoms with Gasteiger partial charge in [0.05, 0.1) is 0 Å². The molecule has 19 heavy (non-hydrogen) atoms. The molecule has 0 aliphatic heterocycles. The van der Waals surface area contributed by atoms with E-state index in [9.17, 15) is 0 Å². The fraction of sp³-hybridized carbons (Fsp3) is 0.125. The molecular formula is C16H13IN2. The van der Waals surface area contributed by atoms with E-state index in [0.29, 0.717) is 0 Å². The normalized spacial score (nSPS) is 10.8. The minimum absolute atomic E-state index is 0.880. The first-order valence-electron chi connectivity index (χ1n) is 6.26. The lowest BCUT2D eigenvalue weighted by atomic mass is 10.0. The topological polar surface area (TPSA) is 25.8 Å². The summed E-state index contributed by atoms with van der Waals surface area (Å²) in [5.74, 6) is 0.911. The molecule has 0 amide bonds. The Labute approximate surface area is 126 Å². The molecule has 1 heterocycles. The Kier molecular flexibility index (Phi) is 3.73. The quantitative estimate of drug-likeness (QED) is 0.660. The Morgan fingerprint density at radius 1 is 0.842 bits per heavy atom. The van der Waals surface area contributed by atoms with E-state index in [1.807, 2.05) is 12.4 Å². The van der Waals surface area contributed by atoms with Gasteiger partial charge >= 0.3 is 0 Å². The van der Waals surface area contributed by atoms with Gasteiger partial charge in [-0.15, -0.1) is 0 Å². The molecule has 0 atom stereocenters.